The molecule has 30 heavy (non-hydrogen) atoms. The molecule has 0 bridgehead atoms. The van der Waals surface area contributed by atoms with Crippen molar-refractivity contribution >= 4 is 17.2 Å². The molecule has 0 N–H and O–H groups in total. The lowest BCUT2D eigenvalue weighted by atomic mass is 9.97. The Bertz CT molecular complexity index is 807. The summed E-state index contributed by atoms with van der Waals surface area (Å²) < 4.78 is 10.9. The Morgan fingerprint density at radius 3 is 2.63 bits per heavy atom. The molecule has 0 unspecified atom stereocenters. The fourth-order valence-electron chi connectivity index (χ4n) is 4.13. The van der Waals surface area contributed by atoms with Gasteiger partial charge in [0, 0.05) is 29.1 Å². The van der Waals surface area contributed by atoms with Gasteiger partial charge in [-0.1, -0.05) is 12.5 Å². The van der Waals surface area contributed by atoms with Crippen LogP contribution in [-0.4, -0.2) is 63.2 Å². The van der Waals surface area contributed by atoms with Crippen LogP contribution in [0, 0.1) is 0 Å². The van der Waals surface area contributed by atoms with Crippen LogP contribution in [0.15, 0.2) is 29.6 Å². The van der Waals surface area contributed by atoms with Gasteiger partial charge in [0.2, 0.25) is 0 Å². The van der Waals surface area contributed by atoms with E-state index in [2.05, 4.69) is 29.5 Å². The topological polar surface area (TPSA) is 42.0 Å². The smallest absolute Gasteiger partial charge is 0.254 e. The maximum absolute atomic E-state index is 12.9. The van der Waals surface area contributed by atoms with Gasteiger partial charge in [0.1, 0.15) is 0 Å². The van der Waals surface area contributed by atoms with Crippen LogP contribution in [0.2, 0.25) is 0 Å². The molecule has 0 spiro atoms. The first-order valence-corrected chi connectivity index (χ1v) is 11.8. The quantitative estimate of drug-likeness (QED) is 0.465. The van der Waals surface area contributed by atoms with Gasteiger partial charge in [-0.2, -0.15) is 0 Å². The van der Waals surface area contributed by atoms with E-state index in [0.29, 0.717) is 11.5 Å². The molecule has 0 saturated heterocycles. The predicted octanol–water partition coefficient (Wildman–Crippen LogP) is 4.50. The standard InChI is InChI=1S/C24H34N2O3S/c1-25(14-6-4-5-9-19-10-7-18-30-19)15-8-16-26-17-13-20-21(24(26)27)11-12-22(28-2)23(20)29-3/h7,10-12,18H,4-6,8-9,13-17H2,1-3H3. The third-order valence-corrected chi connectivity index (χ3v) is 6.74. The predicted molar refractivity (Wildman–Crippen MR) is 123 cm³/mol. The summed E-state index contributed by atoms with van der Waals surface area (Å²) >= 11 is 1.86. The number of hydrogen-bond acceptors (Lipinski definition) is 5. The summed E-state index contributed by atoms with van der Waals surface area (Å²) in [4.78, 5) is 18.8. The first-order valence-electron chi connectivity index (χ1n) is 10.9. The Hall–Kier alpha value is -2.05. The lowest BCUT2D eigenvalue weighted by molar-refractivity contribution is 0.0731. The van der Waals surface area contributed by atoms with Crippen molar-refractivity contribution in [1.29, 1.82) is 0 Å². The van der Waals surface area contributed by atoms with Gasteiger partial charge < -0.3 is 19.3 Å². The number of hydrogen-bond donors (Lipinski definition) is 0. The Morgan fingerprint density at radius 2 is 1.90 bits per heavy atom. The summed E-state index contributed by atoms with van der Waals surface area (Å²) in [6, 6.07) is 8.05. The molecule has 5 nitrogen and oxygen atoms in total. The summed E-state index contributed by atoms with van der Waals surface area (Å²) in [6.07, 6.45) is 6.79. The fraction of sp³-hybridized carbons (Fsp3) is 0.542. The minimum Gasteiger partial charge on any atom is -0.493 e. The van der Waals surface area contributed by atoms with E-state index in [4.69, 9.17) is 9.47 Å². The van der Waals surface area contributed by atoms with E-state index in [0.717, 1.165) is 50.1 Å². The molecule has 0 atom stereocenters. The van der Waals surface area contributed by atoms with Gasteiger partial charge in [-0.05, 0) is 75.8 Å². The van der Waals surface area contributed by atoms with Crippen LogP contribution in [0.3, 0.4) is 0 Å². The molecule has 6 heteroatoms. The number of amides is 1. The van der Waals surface area contributed by atoms with Crippen LogP contribution in [0.5, 0.6) is 11.5 Å². The first-order chi connectivity index (χ1) is 14.6. The number of aryl methyl sites for hydroxylation is 1. The fourth-order valence-corrected chi connectivity index (χ4v) is 4.88. The molecule has 0 fully saturated rings. The van der Waals surface area contributed by atoms with Crippen molar-refractivity contribution in [3.63, 3.8) is 0 Å². The van der Waals surface area contributed by atoms with Crippen LogP contribution in [-0.2, 0) is 12.8 Å². The number of methoxy groups -OCH3 is 2. The highest BCUT2D eigenvalue weighted by Crippen LogP contribution is 2.36. The zero-order valence-corrected chi connectivity index (χ0v) is 19.3. The van der Waals surface area contributed by atoms with Crippen molar-refractivity contribution in [2.45, 2.75) is 38.5 Å². The minimum absolute atomic E-state index is 0.105. The largest absolute Gasteiger partial charge is 0.493 e. The van der Waals surface area contributed by atoms with E-state index in [1.807, 2.05) is 28.4 Å². The Kier molecular flexibility index (Phi) is 8.58. The van der Waals surface area contributed by atoms with Gasteiger partial charge in [0.15, 0.2) is 11.5 Å². The van der Waals surface area contributed by atoms with E-state index in [-0.39, 0.29) is 5.91 Å². The molecule has 3 rings (SSSR count). The van der Waals surface area contributed by atoms with Crippen LogP contribution in [0.1, 0.15) is 46.5 Å². The van der Waals surface area contributed by atoms with Gasteiger partial charge in [-0.3, -0.25) is 4.79 Å². The molecule has 164 valence electrons. The second-order valence-electron chi connectivity index (χ2n) is 7.92. The third kappa shape index (κ3) is 5.76. The van der Waals surface area contributed by atoms with Crippen molar-refractivity contribution in [1.82, 2.24) is 9.80 Å². The molecule has 1 amide bonds. The highest BCUT2D eigenvalue weighted by atomic mass is 32.1. The van der Waals surface area contributed by atoms with Crippen LogP contribution < -0.4 is 9.47 Å². The van der Waals surface area contributed by atoms with Crippen LogP contribution in [0.4, 0.5) is 0 Å². The summed E-state index contributed by atoms with van der Waals surface area (Å²) in [5, 5.41) is 2.15. The summed E-state index contributed by atoms with van der Waals surface area (Å²) in [6.45, 7) is 3.68. The molecule has 1 aromatic carbocycles. The van der Waals surface area contributed by atoms with Crippen LogP contribution >= 0.6 is 11.3 Å². The summed E-state index contributed by atoms with van der Waals surface area (Å²) in [5.74, 6) is 1.49. The number of thiophene rings is 1. The van der Waals surface area contributed by atoms with Gasteiger partial charge in [0.25, 0.3) is 5.91 Å². The zero-order valence-electron chi connectivity index (χ0n) is 18.5. The second-order valence-corrected chi connectivity index (χ2v) is 8.95. The summed E-state index contributed by atoms with van der Waals surface area (Å²) in [5.41, 5.74) is 1.72. The number of fused-ring (bicyclic) bond motifs is 1. The van der Waals surface area contributed by atoms with Crippen molar-refractivity contribution in [2.24, 2.45) is 0 Å². The molecule has 0 aliphatic carbocycles. The van der Waals surface area contributed by atoms with E-state index >= 15 is 0 Å². The SMILES string of the molecule is COc1ccc2c(c1OC)CCN(CCCN(C)CCCCCc1cccs1)C2=O. The second kappa shape index (κ2) is 11.4. The van der Waals surface area contributed by atoms with Crippen molar-refractivity contribution < 1.29 is 14.3 Å². The van der Waals surface area contributed by atoms with Gasteiger partial charge in [-0.15, -0.1) is 11.3 Å². The van der Waals surface area contributed by atoms with Crippen molar-refractivity contribution in [3.8, 4) is 11.5 Å². The normalized spacial score (nSPS) is 13.6. The van der Waals surface area contributed by atoms with Gasteiger partial charge in [0.05, 0.1) is 14.2 Å². The maximum atomic E-state index is 12.9. The highest BCUT2D eigenvalue weighted by molar-refractivity contribution is 7.09. The molecular weight excluding hydrogens is 396 g/mol. The minimum atomic E-state index is 0.105. The number of ether oxygens (including phenoxy) is 2. The Morgan fingerprint density at radius 1 is 1.07 bits per heavy atom. The van der Waals surface area contributed by atoms with E-state index < -0.39 is 0 Å². The number of carbonyl (C=O) groups is 1. The molecule has 0 radical (unpaired) electrons. The Balaban J connectivity index is 1.37. The number of unbranched alkanes of at least 4 members (excludes halogenated alkanes) is 2. The van der Waals surface area contributed by atoms with E-state index in [9.17, 15) is 4.79 Å². The first kappa shape index (κ1) is 22.6. The average molecular weight is 431 g/mol. The third-order valence-electron chi connectivity index (χ3n) is 5.81. The molecule has 0 saturated carbocycles. The maximum Gasteiger partial charge on any atom is 0.254 e. The lowest BCUT2D eigenvalue weighted by Gasteiger charge is -2.30. The van der Waals surface area contributed by atoms with Gasteiger partial charge in [-0.25, -0.2) is 0 Å². The molecule has 1 aliphatic heterocycles. The number of rotatable bonds is 12. The number of nitrogens with zero attached hydrogens (tertiary/aromatic N) is 2. The summed E-state index contributed by atoms with van der Waals surface area (Å²) in [7, 11) is 5.44. The Labute approximate surface area is 184 Å². The molecular formula is C24H34N2O3S. The molecule has 2 aromatic rings. The lowest BCUT2D eigenvalue weighted by Crippen LogP contribution is -2.39. The number of carbonyl (C=O) groups excluding carboxylic acids is 1. The van der Waals surface area contributed by atoms with Crippen molar-refractivity contribution in [2.75, 3.05) is 47.4 Å². The van der Waals surface area contributed by atoms with Crippen molar-refractivity contribution in [3.05, 3.63) is 45.6 Å². The average Bonchev–Trinajstić information content (AvgIpc) is 3.27. The number of benzene rings is 1. The van der Waals surface area contributed by atoms with Gasteiger partial charge >= 0.3 is 0 Å². The van der Waals surface area contributed by atoms with Crippen LogP contribution in [0.25, 0.3) is 0 Å². The molecule has 2 heterocycles. The van der Waals surface area contributed by atoms with E-state index in [1.54, 1.807) is 14.2 Å². The van der Waals surface area contributed by atoms with E-state index in [1.165, 1.54) is 30.6 Å². The zero-order chi connectivity index (χ0) is 21.3. The molecule has 1 aliphatic rings. The molecule has 1 aromatic heterocycles. The monoisotopic (exact) mass is 430 g/mol. The highest BCUT2D eigenvalue weighted by Gasteiger charge is 2.28.